The lowest BCUT2D eigenvalue weighted by atomic mass is 9.96. The van der Waals surface area contributed by atoms with Crippen LogP contribution in [0.4, 0.5) is 0 Å². The molecule has 1 unspecified atom stereocenters. The molecule has 0 spiro atoms. The molecule has 3 nitrogen and oxygen atoms in total. The van der Waals surface area contributed by atoms with Crippen molar-refractivity contribution in [2.45, 2.75) is 32.3 Å². The highest BCUT2D eigenvalue weighted by Crippen LogP contribution is 2.36. The number of benzene rings is 2. The number of carbonyl (C=O) groups is 1. The lowest BCUT2D eigenvalue weighted by molar-refractivity contribution is 0.0369. The molecule has 3 rings (SSSR count). The first-order valence-electron chi connectivity index (χ1n) is 7.66. The highest BCUT2D eigenvalue weighted by atomic mass is 16.3. The summed E-state index contributed by atoms with van der Waals surface area (Å²) >= 11 is 0. The van der Waals surface area contributed by atoms with Crippen molar-refractivity contribution in [3.63, 3.8) is 0 Å². The Morgan fingerprint density at radius 1 is 1.18 bits per heavy atom. The third-order valence-corrected chi connectivity index (χ3v) is 4.64. The van der Waals surface area contributed by atoms with Crippen molar-refractivity contribution in [2.75, 3.05) is 6.54 Å². The van der Waals surface area contributed by atoms with Crippen LogP contribution in [0.2, 0.25) is 0 Å². The van der Waals surface area contributed by atoms with Gasteiger partial charge in [0, 0.05) is 5.56 Å². The van der Waals surface area contributed by atoms with Gasteiger partial charge in [0.2, 0.25) is 0 Å². The van der Waals surface area contributed by atoms with E-state index in [9.17, 15) is 9.90 Å². The summed E-state index contributed by atoms with van der Waals surface area (Å²) in [6.07, 6.45) is 1.51. The molecule has 2 aromatic carbocycles. The lowest BCUT2D eigenvalue weighted by Crippen LogP contribution is -2.39. The van der Waals surface area contributed by atoms with Gasteiger partial charge in [-0.3, -0.25) is 4.79 Å². The van der Waals surface area contributed by atoms with Crippen LogP contribution >= 0.6 is 0 Å². The third kappa shape index (κ3) is 2.64. The molecule has 0 saturated heterocycles. The summed E-state index contributed by atoms with van der Waals surface area (Å²) in [5.41, 5.74) is 4.06. The van der Waals surface area contributed by atoms with Crippen molar-refractivity contribution in [3.05, 3.63) is 70.3 Å². The van der Waals surface area contributed by atoms with Crippen LogP contribution in [0.15, 0.2) is 42.5 Å². The highest BCUT2D eigenvalue weighted by Gasteiger charge is 2.36. The molecule has 114 valence electrons. The summed E-state index contributed by atoms with van der Waals surface area (Å²) in [6.45, 7) is 4.26. The van der Waals surface area contributed by atoms with Gasteiger partial charge in [0.25, 0.3) is 5.91 Å². The molecular weight excluding hydrogens is 274 g/mol. The maximum atomic E-state index is 12.3. The lowest BCUT2D eigenvalue weighted by Gasteiger charge is -2.24. The molecule has 1 amide bonds. The minimum absolute atomic E-state index is 0.138. The molecule has 0 saturated carbocycles. The summed E-state index contributed by atoms with van der Waals surface area (Å²) in [7, 11) is 0. The van der Waals surface area contributed by atoms with Gasteiger partial charge in [-0.05, 0) is 61.1 Å². The Hall–Kier alpha value is -2.13. The number of amides is 1. The van der Waals surface area contributed by atoms with E-state index in [1.54, 1.807) is 0 Å². The summed E-state index contributed by atoms with van der Waals surface area (Å²) in [4.78, 5) is 12.3. The molecule has 0 aliphatic heterocycles. The van der Waals surface area contributed by atoms with Crippen molar-refractivity contribution >= 4 is 5.91 Å². The fourth-order valence-electron chi connectivity index (χ4n) is 3.06. The molecule has 0 fully saturated rings. The fraction of sp³-hybridized carbons (Fsp3) is 0.316. The SMILES string of the molecule is Cc1ccc(C(=O)NCC2(O)CCc3ccccc32)cc1C. The summed E-state index contributed by atoms with van der Waals surface area (Å²) in [6, 6.07) is 13.6. The van der Waals surface area contributed by atoms with Crippen molar-refractivity contribution in [3.8, 4) is 0 Å². The average molecular weight is 295 g/mol. The van der Waals surface area contributed by atoms with E-state index in [0.29, 0.717) is 12.0 Å². The highest BCUT2D eigenvalue weighted by molar-refractivity contribution is 5.94. The zero-order chi connectivity index (χ0) is 15.7. The molecule has 2 N–H and O–H groups in total. The maximum Gasteiger partial charge on any atom is 0.251 e. The molecule has 1 atom stereocenters. The molecule has 1 aliphatic carbocycles. The molecule has 22 heavy (non-hydrogen) atoms. The predicted molar refractivity (Wildman–Crippen MR) is 86.9 cm³/mol. The van der Waals surface area contributed by atoms with E-state index >= 15 is 0 Å². The van der Waals surface area contributed by atoms with Gasteiger partial charge in [-0.15, -0.1) is 0 Å². The number of aliphatic hydroxyl groups is 1. The van der Waals surface area contributed by atoms with Crippen LogP contribution in [0.5, 0.6) is 0 Å². The molecule has 3 heteroatoms. The first kappa shape index (κ1) is 14.8. The van der Waals surface area contributed by atoms with E-state index in [4.69, 9.17) is 0 Å². The molecule has 2 aromatic rings. The monoisotopic (exact) mass is 295 g/mol. The third-order valence-electron chi connectivity index (χ3n) is 4.64. The first-order valence-corrected chi connectivity index (χ1v) is 7.66. The van der Waals surface area contributed by atoms with Crippen LogP contribution in [0, 0.1) is 13.8 Å². The van der Waals surface area contributed by atoms with Crippen molar-refractivity contribution in [1.82, 2.24) is 5.32 Å². The summed E-state index contributed by atoms with van der Waals surface area (Å²) in [5.74, 6) is -0.138. The van der Waals surface area contributed by atoms with E-state index in [-0.39, 0.29) is 12.5 Å². The average Bonchev–Trinajstić information content (AvgIpc) is 2.86. The Labute approximate surface area is 131 Å². The number of hydrogen-bond acceptors (Lipinski definition) is 2. The van der Waals surface area contributed by atoms with Crippen molar-refractivity contribution in [1.29, 1.82) is 0 Å². The van der Waals surface area contributed by atoms with E-state index in [1.807, 2.05) is 56.3 Å². The van der Waals surface area contributed by atoms with Gasteiger partial charge >= 0.3 is 0 Å². The second-order valence-electron chi connectivity index (χ2n) is 6.17. The standard InChI is InChI=1S/C19H21NO2/c1-13-7-8-16(11-14(13)2)18(21)20-12-19(22)10-9-15-5-3-4-6-17(15)19/h3-8,11,22H,9-10,12H2,1-2H3,(H,20,21). The minimum Gasteiger partial charge on any atom is -0.383 e. The van der Waals surface area contributed by atoms with Gasteiger partial charge < -0.3 is 10.4 Å². The minimum atomic E-state index is -0.952. The number of carbonyl (C=O) groups excluding carboxylic acids is 1. The zero-order valence-corrected chi connectivity index (χ0v) is 13.0. The van der Waals surface area contributed by atoms with Gasteiger partial charge in [0.15, 0.2) is 0 Å². The molecule has 1 aliphatic rings. The van der Waals surface area contributed by atoms with Gasteiger partial charge in [0.1, 0.15) is 5.60 Å². The smallest absolute Gasteiger partial charge is 0.251 e. The Morgan fingerprint density at radius 3 is 2.73 bits per heavy atom. The predicted octanol–water partition coefficient (Wildman–Crippen LogP) is 2.87. The van der Waals surface area contributed by atoms with E-state index in [2.05, 4.69) is 5.32 Å². The molecule has 0 heterocycles. The van der Waals surface area contributed by atoms with Crippen LogP contribution in [-0.2, 0) is 12.0 Å². The fourth-order valence-corrected chi connectivity index (χ4v) is 3.06. The van der Waals surface area contributed by atoms with Gasteiger partial charge in [-0.1, -0.05) is 30.3 Å². The number of hydrogen-bond donors (Lipinski definition) is 2. The Bertz CT molecular complexity index is 723. The number of aryl methyl sites for hydroxylation is 3. The topological polar surface area (TPSA) is 49.3 Å². The van der Waals surface area contributed by atoms with Crippen LogP contribution in [-0.4, -0.2) is 17.6 Å². The second-order valence-corrected chi connectivity index (χ2v) is 6.17. The Morgan fingerprint density at radius 2 is 1.95 bits per heavy atom. The largest absolute Gasteiger partial charge is 0.383 e. The Kier molecular flexibility index (Phi) is 3.75. The van der Waals surface area contributed by atoms with Gasteiger partial charge in [-0.2, -0.15) is 0 Å². The van der Waals surface area contributed by atoms with Crippen molar-refractivity contribution in [2.24, 2.45) is 0 Å². The summed E-state index contributed by atoms with van der Waals surface area (Å²) in [5, 5.41) is 13.7. The maximum absolute atomic E-state index is 12.3. The van der Waals surface area contributed by atoms with E-state index in [1.165, 1.54) is 11.1 Å². The summed E-state index contributed by atoms with van der Waals surface area (Å²) < 4.78 is 0. The number of fused-ring (bicyclic) bond motifs is 1. The molecule has 0 radical (unpaired) electrons. The van der Waals surface area contributed by atoms with E-state index < -0.39 is 5.60 Å². The Balaban J connectivity index is 1.72. The van der Waals surface area contributed by atoms with Crippen LogP contribution < -0.4 is 5.32 Å². The number of nitrogens with one attached hydrogen (secondary N) is 1. The number of rotatable bonds is 3. The van der Waals surface area contributed by atoms with E-state index in [0.717, 1.165) is 17.5 Å². The first-order chi connectivity index (χ1) is 10.5. The molecule has 0 bridgehead atoms. The molecule has 0 aromatic heterocycles. The van der Waals surface area contributed by atoms with Crippen LogP contribution in [0.1, 0.15) is 39.0 Å². The molecular formula is C19H21NO2. The normalized spacial score (nSPS) is 19.8. The van der Waals surface area contributed by atoms with Crippen molar-refractivity contribution < 1.29 is 9.90 Å². The van der Waals surface area contributed by atoms with Crippen LogP contribution in [0.3, 0.4) is 0 Å². The second kappa shape index (κ2) is 5.58. The van der Waals surface area contributed by atoms with Gasteiger partial charge in [0.05, 0.1) is 6.54 Å². The van der Waals surface area contributed by atoms with Gasteiger partial charge in [-0.25, -0.2) is 0 Å². The van der Waals surface area contributed by atoms with Crippen LogP contribution in [0.25, 0.3) is 0 Å². The quantitative estimate of drug-likeness (QED) is 0.915. The zero-order valence-electron chi connectivity index (χ0n) is 13.0.